The number of amides is 1. The Kier molecular flexibility index (Phi) is 5.47. The molecule has 0 atom stereocenters. The highest BCUT2D eigenvalue weighted by Gasteiger charge is 2.24. The van der Waals surface area contributed by atoms with Crippen LogP contribution in [0.4, 0.5) is 5.69 Å². The Morgan fingerprint density at radius 2 is 2.11 bits per heavy atom. The average molecular weight is 362 g/mol. The van der Waals surface area contributed by atoms with E-state index in [4.69, 9.17) is 0 Å². The van der Waals surface area contributed by atoms with Gasteiger partial charge in [0, 0.05) is 31.9 Å². The Hall–Kier alpha value is -3.25. The number of hydrogen-bond acceptors (Lipinski definition) is 4. The van der Waals surface area contributed by atoms with E-state index in [0.717, 1.165) is 48.1 Å². The normalized spacial score (nSPS) is 14.3. The number of aryl methyl sites for hydroxylation is 1. The van der Waals surface area contributed by atoms with Crippen LogP contribution < -0.4 is 15.8 Å². The van der Waals surface area contributed by atoms with Crippen molar-refractivity contribution in [3.05, 3.63) is 39.7 Å². The first-order valence-electron chi connectivity index (χ1n) is 9.05. The number of pyridine rings is 1. The smallest absolute Gasteiger partial charge is 0.295 e. The second-order valence-electron chi connectivity index (χ2n) is 6.85. The van der Waals surface area contributed by atoms with Crippen LogP contribution in [0.15, 0.2) is 23.0 Å². The van der Waals surface area contributed by atoms with E-state index in [2.05, 4.69) is 33.1 Å². The van der Waals surface area contributed by atoms with Gasteiger partial charge in [-0.3, -0.25) is 9.59 Å². The fraction of sp³-hybridized carbons (Fsp3) is 0.381. The Bertz CT molecular complexity index is 1030. The SMILES string of the molecule is CNC(=O)C#CCC1CCN(c2c(C#N)c(=O)[nH]c3cc(C)ccc23)CC1. The zero-order valence-corrected chi connectivity index (χ0v) is 15.6. The second kappa shape index (κ2) is 7.97. The van der Waals surface area contributed by atoms with E-state index in [1.807, 2.05) is 25.1 Å². The zero-order chi connectivity index (χ0) is 19.4. The summed E-state index contributed by atoms with van der Waals surface area (Å²) in [6.45, 7) is 3.49. The number of nitrogens with zero attached hydrogens (tertiary/aromatic N) is 2. The highest BCUT2D eigenvalue weighted by Crippen LogP contribution is 2.32. The molecular formula is C21H22N4O2. The molecule has 1 aliphatic rings. The summed E-state index contributed by atoms with van der Waals surface area (Å²) >= 11 is 0. The van der Waals surface area contributed by atoms with Crippen molar-refractivity contribution in [2.24, 2.45) is 5.92 Å². The quantitative estimate of drug-likeness (QED) is 0.801. The minimum Gasteiger partial charge on any atom is -0.370 e. The molecule has 27 heavy (non-hydrogen) atoms. The van der Waals surface area contributed by atoms with Gasteiger partial charge in [0.05, 0.1) is 11.2 Å². The van der Waals surface area contributed by atoms with Gasteiger partial charge in [0.2, 0.25) is 0 Å². The highest BCUT2D eigenvalue weighted by molar-refractivity contribution is 5.95. The number of carbonyl (C=O) groups excluding carboxylic acids is 1. The molecule has 1 aliphatic heterocycles. The number of H-pyrrole nitrogens is 1. The lowest BCUT2D eigenvalue weighted by Gasteiger charge is -2.34. The Morgan fingerprint density at radius 3 is 2.78 bits per heavy atom. The van der Waals surface area contributed by atoms with Crippen molar-refractivity contribution in [2.45, 2.75) is 26.2 Å². The molecule has 0 aliphatic carbocycles. The van der Waals surface area contributed by atoms with Gasteiger partial charge in [0.1, 0.15) is 11.6 Å². The van der Waals surface area contributed by atoms with E-state index < -0.39 is 0 Å². The molecule has 138 valence electrons. The van der Waals surface area contributed by atoms with Crippen LogP contribution in [0, 0.1) is 36.0 Å². The molecule has 0 bridgehead atoms. The van der Waals surface area contributed by atoms with Crippen LogP contribution in [-0.2, 0) is 4.79 Å². The molecule has 1 saturated heterocycles. The van der Waals surface area contributed by atoms with E-state index in [1.165, 1.54) is 0 Å². The molecule has 6 heteroatoms. The second-order valence-corrected chi connectivity index (χ2v) is 6.85. The van der Waals surface area contributed by atoms with E-state index in [1.54, 1.807) is 7.05 Å². The summed E-state index contributed by atoms with van der Waals surface area (Å²) in [6, 6.07) is 7.98. The first kappa shape index (κ1) is 18.5. The van der Waals surface area contributed by atoms with Crippen molar-refractivity contribution in [2.75, 3.05) is 25.0 Å². The van der Waals surface area contributed by atoms with Crippen molar-refractivity contribution in [1.29, 1.82) is 5.26 Å². The summed E-state index contributed by atoms with van der Waals surface area (Å²) in [5, 5.41) is 12.9. The summed E-state index contributed by atoms with van der Waals surface area (Å²) in [5.74, 6) is 5.66. The molecule has 1 fully saturated rings. The maximum Gasteiger partial charge on any atom is 0.295 e. The molecule has 2 aromatic rings. The van der Waals surface area contributed by atoms with Gasteiger partial charge in [-0.2, -0.15) is 5.26 Å². The zero-order valence-electron chi connectivity index (χ0n) is 15.6. The summed E-state index contributed by atoms with van der Waals surface area (Å²) in [5.41, 5.74) is 2.37. The number of benzene rings is 1. The molecule has 0 unspecified atom stereocenters. The van der Waals surface area contributed by atoms with Crippen molar-refractivity contribution in [1.82, 2.24) is 10.3 Å². The van der Waals surface area contributed by atoms with Gasteiger partial charge in [-0.15, -0.1) is 0 Å². The lowest BCUT2D eigenvalue weighted by Crippen LogP contribution is -2.35. The summed E-state index contributed by atoms with van der Waals surface area (Å²) in [4.78, 5) is 28.5. The van der Waals surface area contributed by atoms with Crippen LogP contribution in [0.3, 0.4) is 0 Å². The van der Waals surface area contributed by atoms with Crippen LogP contribution in [-0.4, -0.2) is 31.0 Å². The molecule has 0 radical (unpaired) electrons. The number of aromatic nitrogens is 1. The molecule has 2 N–H and O–H groups in total. The Labute approximate surface area is 158 Å². The number of aromatic amines is 1. The van der Waals surface area contributed by atoms with Crippen molar-refractivity contribution in [3.8, 4) is 17.9 Å². The van der Waals surface area contributed by atoms with E-state index in [-0.39, 0.29) is 17.0 Å². The summed E-state index contributed by atoms with van der Waals surface area (Å²) < 4.78 is 0. The van der Waals surface area contributed by atoms with Crippen LogP contribution >= 0.6 is 0 Å². The van der Waals surface area contributed by atoms with Gasteiger partial charge in [-0.25, -0.2) is 0 Å². The predicted molar refractivity (Wildman–Crippen MR) is 105 cm³/mol. The van der Waals surface area contributed by atoms with Gasteiger partial charge in [0.15, 0.2) is 0 Å². The lowest BCUT2D eigenvalue weighted by molar-refractivity contribution is -0.115. The number of piperidine rings is 1. The largest absolute Gasteiger partial charge is 0.370 e. The van der Waals surface area contributed by atoms with Crippen LogP contribution in [0.1, 0.15) is 30.4 Å². The van der Waals surface area contributed by atoms with Gasteiger partial charge in [-0.1, -0.05) is 18.1 Å². The Morgan fingerprint density at radius 1 is 1.37 bits per heavy atom. The maximum atomic E-state index is 12.4. The summed E-state index contributed by atoms with van der Waals surface area (Å²) in [6.07, 6.45) is 2.50. The topological polar surface area (TPSA) is 89.0 Å². The molecule has 1 aromatic heterocycles. The Balaban J connectivity index is 1.84. The standard InChI is InChI=1S/C21H22N4O2/c1-14-6-7-16-18(12-14)24-21(27)17(13-22)20(16)25-10-8-15(9-11-25)4-3-5-19(26)23-2/h6-7,12,15H,4,8-11H2,1-2H3,(H,23,26)(H,24,27). The maximum absolute atomic E-state index is 12.4. The average Bonchev–Trinajstić information content (AvgIpc) is 2.67. The van der Waals surface area contributed by atoms with Crippen molar-refractivity contribution in [3.63, 3.8) is 0 Å². The van der Waals surface area contributed by atoms with Gasteiger partial charge in [0.25, 0.3) is 11.5 Å². The first-order valence-corrected chi connectivity index (χ1v) is 9.05. The lowest BCUT2D eigenvalue weighted by atomic mass is 9.92. The van der Waals surface area contributed by atoms with E-state index in [0.29, 0.717) is 12.3 Å². The highest BCUT2D eigenvalue weighted by atomic mass is 16.1. The van der Waals surface area contributed by atoms with Gasteiger partial charge < -0.3 is 15.2 Å². The molecule has 0 spiro atoms. The third-order valence-corrected chi connectivity index (χ3v) is 5.00. The first-order chi connectivity index (χ1) is 13.0. The van der Waals surface area contributed by atoms with E-state index >= 15 is 0 Å². The molecule has 0 saturated carbocycles. The predicted octanol–water partition coefficient (Wildman–Crippen LogP) is 2.06. The number of rotatable bonds is 2. The molecule has 6 nitrogen and oxygen atoms in total. The molecule has 3 rings (SSSR count). The molecule has 2 heterocycles. The molecular weight excluding hydrogens is 340 g/mol. The van der Waals surface area contributed by atoms with Crippen molar-refractivity contribution < 1.29 is 4.79 Å². The third kappa shape index (κ3) is 3.96. The molecule has 1 amide bonds. The number of carbonyl (C=O) groups is 1. The summed E-state index contributed by atoms with van der Waals surface area (Å²) in [7, 11) is 1.57. The van der Waals surface area contributed by atoms with Gasteiger partial charge in [-0.05, 0) is 43.2 Å². The van der Waals surface area contributed by atoms with Crippen LogP contribution in [0.2, 0.25) is 0 Å². The van der Waals surface area contributed by atoms with Crippen LogP contribution in [0.25, 0.3) is 10.9 Å². The number of anilines is 1. The third-order valence-electron chi connectivity index (χ3n) is 5.00. The monoisotopic (exact) mass is 362 g/mol. The number of nitrogens with one attached hydrogen (secondary N) is 2. The number of hydrogen-bond donors (Lipinski definition) is 2. The van der Waals surface area contributed by atoms with Crippen molar-refractivity contribution >= 4 is 22.5 Å². The fourth-order valence-electron chi connectivity index (χ4n) is 3.53. The van der Waals surface area contributed by atoms with Gasteiger partial charge >= 0.3 is 0 Å². The van der Waals surface area contributed by atoms with Crippen LogP contribution in [0.5, 0.6) is 0 Å². The number of fused-ring (bicyclic) bond motifs is 1. The minimum absolute atomic E-state index is 0.171. The minimum atomic E-state index is -0.343. The molecule has 1 aromatic carbocycles. The number of nitriles is 1. The van der Waals surface area contributed by atoms with E-state index in [9.17, 15) is 14.9 Å². The fourth-order valence-corrected chi connectivity index (χ4v) is 3.53.